The number of nitrogens with two attached hydrogens (primary N) is 1. The van der Waals surface area contributed by atoms with Crippen molar-refractivity contribution in [3.8, 4) is 0 Å². The van der Waals surface area contributed by atoms with Crippen molar-refractivity contribution in [2.75, 3.05) is 0 Å². The molecular weight excluding hydrogens is 189 g/mol. The van der Waals surface area contributed by atoms with Crippen LogP contribution in [0.25, 0.3) is 0 Å². The second kappa shape index (κ2) is 6.42. The van der Waals surface area contributed by atoms with Gasteiger partial charge in [0, 0.05) is 6.54 Å². The number of H-pyrrole nitrogens is 1. The quantitative estimate of drug-likeness (QED) is 0.638. The Hall–Kier alpha value is -0.290. The van der Waals surface area contributed by atoms with Crippen LogP contribution < -0.4 is 5.73 Å². The van der Waals surface area contributed by atoms with Gasteiger partial charge >= 0.3 is 0 Å². The first-order valence-electron chi connectivity index (χ1n) is 2.71. The number of nitrogens with one attached hydrogen (secondary N) is 1. The summed E-state index contributed by atoms with van der Waals surface area (Å²) in [5, 5.41) is 15.0. The maximum Gasteiger partial charge on any atom is 0.0847 e. The van der Waals surface area contributed by atoms with E-state index in [2.05, 4.69) is 10.2 Å². The van der Waals surface area contributed by atoms with Crippen molar-refractivity contribution >= 4 is 24.8 Å². The number of rotatable bonds is 2. The van der Waals surface area contributed by atoms with Crippen LogP contribution in [0.3, 0.4) is 0 Å². The second-order valence-corrected chi connectivity index (χ2v) is 1.75. The van der Waals surface area contributed by atoms with Crippen LogP contribution in [0.1, 0.15) is 11.4 Å². The molecule has 0 spiro atoms. The zero-order chi connectivity index (χ0) is 6.69. The Morgan fingerprint density at radius 1 is 1.55 bits per heavy atom. The highest BCUT2D eigenvalue weighted by atomic mass is 35.5. The fraction of sp³-hybridized carbons (Fsp3) is 0.400. The van der Waals surface area contributed by atoms with Gasteiger partial charge in [-0.05, 0) is 6.07 Å². The third-order valence-electron chi connectivity index (χ3n) is 1.06. The molecule has 1 heterocycles. The minimum absolute atomic E-state index is 0. The van der Waals surface area contributed by atoms with Crippen LogP contribution in [0.4, 0.5) is 0 Å². The first-order chi connectivity index (χ1) is 4.36. The zero-order valence-corrected chi connectivity index (χ0v) is 7.41. The lowest BCUT2D eigenvalue weighted by Gasteiger charge is -1.81. The Kier molecular flexibility index (Phi) is 7.77. The van der Waals surface area contributed by atoms with Gasteiger partial charge in [0.1, 0.15) is 0 Å². The van der Waals surface area contributed by atoms with Crippen molar-refractivity contribution in [2.24, 2.45) is 5.73 Å². The summed E-state index contributed by atoms with van der Waals surface area (Å²) < 4.78 is 0. The lowest BCUT2D eigenvalue weighted by molar-refractivity contribution is 0.276. The fourth-order valence-corrected chi connectivity index (χ4v) is 0.595. The number of aliphatic hydroxyl groups excluding tert-OH is 1. The Bertz CT molecular complexity index is 173. The third kappa shape index (κ3) is 3.57. The monoisotopic (exact) mass is 199 g/mol. The fourth-order valence-electron chi connectivity index (χ4n) is 0.595. The van der Waals surface area contributed by atoms with Crippen molar-refractivity contribution in [2.45, 2.75) is 13.2 Å². The normalized spacial score (nSPS) is 8.18. The number of hydrogen-bond acceptors (Lipinski definition) is 3. The number of aliphatic hydroxyl groups is 1. The molecule has 0 saturated carbocycles. The lowest BCUT2D eigenvalue weighted by atomic mass is 10.4. The van der Waals surface area contributed by atoms with Crippen LogP contribution in [0, 0.1) is 0 Å². The van der Waals surface area contributed by atoms with Gasteiger partial charge in [0.05, 0.1) is 18.0 Å². The van der Waals surface area contributed by atoms with Gasteiger partial charge in [-0.1, -0.05) is 0 Å². The van der Waals surface area contributed by atoms with E-state index in [1.165, 1.54) is 0 Å². The van der Waals surface area contributed by atoms with Crippen LogP contribution in [0.5, 0.6) is 0 Å². The summed E-state index contributed by atoms with van der Waals surface area (Å²) in [5.74, 6) is 0. The number of aromatic amines is 1. The Morgan fingerprint density at radius 2 is 2.18 bits per heavy atom. The topological polar surface area (TPSA) is 74.9 Å². The molecule has 4 N–H and O–H groups in total. The molecule has 4 nitrogen and oxygen atoms in total. The molecular formula is C5H11Cl2N3O. The molecule has 0 fully saturated rings. The largest absolute Gasteiger partial charge is 0.390 e. The minimum atomic E-state index is -0.00694. The van der Waals surface area contributed by atoms with Gasteiger partial charge in [-0.25, -0.2) is 0 Å². The Morgan fingerprint density at radius 3 is 2.45 bits per heavy atom. The lowest BCUT2D eigenvalue weighted by Crippen LogP contribution is -1.95. The van der Waals surface area contributed by atoms with E-state index in [9.17, 15) is 0 Å². The first kappa shape index (κ1) is 13.3. The SMILES string of the molecule is Cl.Cl.NCc1cc(CO)[nH]n1. The van der Waals surface area contributed by atoms with E-state index in [1.54, 1.807) is 6.07 Å². The average Bonchev–Trinajstić information content (AvgIpc) is 2.34. The van der Waals surface area contributed by atoms with E-state index in [4.69, 9.17) is 10.8 Å². The van der Waals surface area contributed by atoms with E-state index in [-0.39, 0.29) is 31.4 Å². The summed E-state index contributed by atoms with van der Waals surface area (Å²) in [6.07, 6.45) is 0. The molecule has 0 saturated heterocycles. The number of halogens is 2. The minimum Gasteiger partial charge on any atom is -0.390 e. The van der Waals surface area contributed by atoms with Crippen molar-refractivity contribution in [1.29, 1.82) is 0 Å². The van der Waals surface area contributed by atoms with Crippen LogP contribution in [0.15, 0.2) is 6.07 Å². The maximum absolute atomic E-state index is 8.53. The number of nitrogens with zero attached hydrogens (tertiary/aromatic N) is 1. The summed E-state index contributed by atoms with van der Waals surface area (Å²) >= 11 is 0. The highest BCUT2D eigenvalue weighted by Crippen LogP contribution is 1.96. The summed E-state index contributed by atoms with van der Waals surface area (Å²) in [6, 6.07) is 1.74. The highest BCUT2D eigenvalue weighted by Gasteiger charge is 1.94. The predicted molar refractivity (Wildman–Crippen MR) is 46.9 cm³/mol. The second-order valence-electron chi connectivity index (χ2n) is 1.75. The molecule has 6 heteroatoms. The van der Waals surface area contributed by atoms with Gasteiger partial charge in [0.25, 0.3) is 0 Å². The Balaban J connectivity index is 0. The maximum atomic E-state index is 8.53. The van der Waals surface area contributed by atoms with Crippen molar-refractivity contribution in [1.82, 2.24) is 10.2 Å². The highest BCUT2D eigenvalue weighted by molar-refractivity contribution is 5.85. The molecule has 0 amide bonds. The van der Waals surface area contributed by atoms with Crippen LogP contribution in [-0.2, 0) is 13.2 Å². The molecule has 0 unspecified atom stereocenters. The van der Waals surface area contributed by atoms with Gasteiger partial charge in [-0.2, -0.15) is 5.10 Å². The van der Waals surface area contributed by atoms with Crippen molar-refractivity contribution in [3.63, 3.8) is 0 Å². The molecule has 0 aromatic carbocycles. The standard InChI is InChI=1S/C5H9N3O.2ClH/c6-2-4-1-5(3-9)8-7-4;;/h1,9H,2-3,6H2,(H,7,8);2*1H. The first-order valence-corrected chi connectivity index (χ1v) is 2.71. The van der Waals surface area contributed by atoms with Gasteiger partial charge in [0.2, 0.25) is 0 Å². The molecule has 0 bridgehead atoms. The molecule has 0 aliphatic carbocycles. The predicted octanol–water partition coefficient (Wildman–Crippen LogP) is 0.204. The van der Waals surface area contributed by atoms with Crippen molar-refractivity contribution < 1.29 is 5.11 Å². The summed E-state index contributed by atoms with van der Waals surface area (Å²) in [6.45, 7) is 0.406. The Labute approximate surface area is 77.0 Å². The third-order valence-corrected chi connectivity index (χ3v) is 1.06. The molecule has 0 aliphatic rings. The van der Waals surface area contributed by atoms with E-state index in [0.29, 0.717) is 12.2 Å². The number of aromatic nitrogens is 2. The average molecular weight is 200 g/mol. The van der Waals surface area contributed by atoms with Crippen LogP contribution in [-0.4, -0.2) is 15.3 Å². The van der Waals surface area contributed by atoms with Gasteiger partial charge < -0.3 is 10.8 Å². The smallest absolute Gasteiger partial charge is 0.0847 e. The molecule has 0 radical (unpaired) electrons. The number of hydrogen-bond donors (Lipinski definition) is 3. The molecule has 11 heavy (non-hydrogen) atoms. The van der Waals surface area contributed by atoms with Crippen LogP contribution in [0.2, 0.25) is 0 Å². The van der Waals surface area contributed by atoms with E-state index < -0.39 is 0 Å². The van der Waals surface area contributed by atoms with E-state index >= 15 is 0 Å². The molecule has 0 aliphatic heterocycles. The van der Waals surface area contributed by atoms with Crippen LogP contribution >= 0.6 is 24.8 Å². The zero-order valence-electron chi connectivity index (χ0n) is 5.78. The van der Waals surface area contributed by atoms with Gasteiger partial charge in [-0.15, -0.1) is 24.8 Å². The molecule has 0 atom stereocenters. The molecule has 1 rings (SSSR count). The summed E-state index contributed by atoms with van der Waals surface area (Å²) in [4.78, 5) is 0. The summed E-state index contributed by atoms with van der Waals surface area (Å²) in [5.41, 5.74) is 6.73. The van der Waals surface area contributed by atoms with Gasteiger partial charge in [-0.3, -0.25) is 5.10 Å². The van der Waals surface area contributed by atoms with E-state index in [0.717, 1.165) is 5.69 Å². The molecule has 1 aromatic rings. The summed E-state index contributed by atoms with van der Waals surface area (Å²) in [7, 11) is 0. The van der Waals surface area contributed by atoms with Crippen molar-refractivity contribution in [3.05, 3.63) is 17.5 Å². The van der Waals surface area contributed by atoms with E-state index in [1.807, 2.05) is 0 Å². The molecule has 66 valence electrons. The van der Waals surface area contributed by atoms with Gasteiger partial charge in [0.15, 0.2) is 0 Å². The molecule has 1 aromatic heterocycles.